The van der Waals surface area contributed by atoms with Crippen LogP contribution >= 0.6 is 11.6 Å². The van der Waals surface area contributed by atoms with Crippen molar-refractivity contribution in [3.63, 3.8) is 0 Å². The van der Waals surface area contributed by atoms with E-state index in [1.54, 1.807) is 5.01 Å². The molecule has 3 nitrogen and oxygen atoms in total. The molecule has 0 radical (unpaired) electrons. The number of ether oxygens (including phenoxy) is 1. The summed E-state index contributed by atoms with van der Waals surface area (Å²) in [5.41, 5.74) is 1.16. The first-order chi connectivity index (χ1) is 6.74. The number of halogens is 1. The van der Waals surface area contributed by atoms with E-state index in [1.165, 1.54) is 0 Å². The summed E-state index contributed by atoms with van der Waals surface area (Å²) < 4.78 is 5.34. The smallest absolute Gasteiger partial charge is 0.212 e. The van der Waals surface area contributed by atoms with E-state index in [4.69, 9.17) is 16.3 Å². The van der Waals surface area contributed by atoms with Crippen molar-refractivity contribution in [1.29, 1.82) is 0 Å². The van der Waals surface area contributed by atoms with Crippen LogP contribution in [-0.4, -0.2) is 24.7 Å². The molecule has 1 aliphatic rings. The molecule has 0 fully saturated rings. The molecule has 1 aromatic carbocycles. The van der Waals surface area contributed by atoms with Gasteiger partial charge in [-0.05, 0) is 17.7 Å². The molecule has 1 aromatic rings. The molecule has 14 heavy (non-hydrogen) atoms. The third kappa shape index (κ3) is 2.17. The van der Waals surface area contributed by atoms with E-state index in [9.17, 15) is 0 Å². The minimum absolute atomic E-state index is 0.545. The first kappa shape index (κ1) is 9.34. The summed E-state index contributed by atoms with van der Waals surface area (Å²) in [6.45, 7) is 0.545. The molecule has 0 saturated carbocycles. The molecule has 0 bridgehead atoms. The van der Waals surface area contributed by atoms with Crippen LogP contribution in [0.4, 0.5) is 0 Å². The first-order valence-corrected chi connectivity index (χ1v) is 4.78. The Morgan fingerprint density at radius 1 is 1.43 bits per heavy atom. The van der Waals surface area contributed by atoms with Crippen LogP contribution in [0.3, 0.4) is 0 Å². The maximum Gasteiger partial charge on any atom is 0.212 e. The van der Waals surface area contributed by atoms with Crippen molar-refractivity contribution in [2.45, 2.75) is 6.42 Å². The van der Waals surface area contributed by atoms with Gasteiger partial charge < -0.3 is 4.74 Å². The Morgan fingerprint density at radius 2 is 2.14 bits per heavy atom. The SMILES string of the molecule is CN1COC(Cc2ccc(Cl)cc2)=N1. The molecule has 0 atom stereocenters. The van der Waals surface area contributed by atoms with Gasteiger partial charge in [0.1, 0.15) is 0 Å². The summed E-state index contributed by atoms with van der Waals surface area (Å²) in [6, 6.07) is 7.70. The third-order valence-electron chi connectivity index (χ3n) is 1.97. The zero-order valence-corrected chi connectivity index (χ0v) is 8.66. The molecule has 0 unspecified atom stereocenters. The van der Waals surface area contributed by atoms with Crippen LogP contribution in [0.15, 0.2) is 29.4 Å². The molecule has 1 heterocycles. The second kappa shape index (κ2) is 3.88. The van der Waals surface area contributed by atoms with E-state index in [-0.39, 0.29) is 0 Å². The summed E-state index contributed by atoms with van der Waals surface area (Å²) in [5.74, 6) is 0.759. The minimum atomic E-state index is 0.545. The van der Waals surface area contributed by atoms with Gasteiger partial charge in [0.05, 0.1) is 6.42 Å². The molecule has 0 amide bonds. The second-order valence-electron chi connectivity index (χ2n) is 3.23. The zero-order chi connectivity index (χ0) is 9.97. The summed E-state index contributed by atoms with van der Waals surface area (Å²) in [4.78, 5) is 0. The lowest BCUT2D eigenvalue weighted by molar-refractivity contribution is 0.196. The van der Waals surface area contributed by atoms with Gasteiger partial charge >= 0.3 is 0 Å². The van der Waals surface area contributed by atoms with Gasteiger partial charge in [-0.3, -0.25) is 5.01 Å². The molecule has 2 rings (SSSR count). The molecule has 0 saturated heterocycles. The number of rotatable bonds is 2. The average Bonchev–Trinajstić information content (AvgIpc) is 2.56. The standard InChI is InChI=1S/C10H11ClN2O/c1-13-7-14-10(12-13)6-8-2-4-9(11)5-3-8/h2-5H,6-7H2,1H3. The monoisotopic (exact) mass is 210 g/mol. The molecular formula is C10H11ClN2O. The van der Waals surface area contributed by atoms with Gasteiger partial charge in [-0.15, -0.1) is 5.10 Å². The Labute approximate surface area is 87.9 Å². The highest BCUT2D eigenvalue weighted by Gasteiger charge is 2.11. The van der Waals surface area contributed by atoms with Crippen molar-refractivity contribution in [1.82, 2.24) is 5.01 Å². The van der Waals surface area contributed by atoms with Crippen molar-refractivity contribution in [3.8, 4) is 0 Å². The summed E-state index contributed by atoms with van der Waals surface area (Å²) >= 11 is 5.78. The first-order valence-electron chi connectivity index (χ1n) is 4.40. The quantitative estimate of drug-likeness (QED) is 0.747. The fraction of sp³-hybridized carbons (Fsp3) is 0.300. The van der Waals surface area contributed by atoms with Crippen LogP contribution in [-0.2, 0) is 11.2 Å². The highest BCUT2D eigenvalue weighted by Crippen LogP contribution is 2.12. The summed E-state index contributed by atoms with van der Waals surface area (Å²) in [5, 5.41) is 6.72. The van der Waals surface area contributed by atoms with Gasteiger partial charge in [0.25, 0.3) is 0 Å². The highest BCUT2D eigenvalue weighted by molar-refractivity contribution is 6.30. The third-order valence-corrected chi connectivity index (χ3v) is 2.22. The molecule has 74 valence electrons. The van der Waals surface area contributed by atoms with Crippen molar-refractivity contribution < 1.29 is 4.74 Å². The fourth-order valence-corrected chi connectivity index (χ4v) is 1.41. The van der Waals surface area contributed by atoms with Gasteiger partial charge in [0, 0.05) is 12.1 Å². The average molecular weight is 211 g/mol. The zero-order valence-electron chi connectivity index (χ0n) is 7.90. The number of hydrazone groups is 1. The van der Waals surface area contributed by atoms with E-state index < -0.39 is 0 Å². The van der Waals surface area contributed by atoms with E-state index >= 15 is 0 Å². The van der Waals surface area contributed by atoms with Crippen molar-refractivity contribution in [2.75, 3.05) is 13.8 Å². The van der Waals surface area contributed by atoms with Crippen molar-refractivity contribution in [2.24, 2.45) is 5.10 Å². The molecule has 0 spiro atoms. The highest BCUT2D eigenvalue weighted by atomic mass is 35.5. The van der Waals surface area contributed by atoms with Crippen LogP contribution in [0.2, 0.25) is 5.02 Å². The lowest BCUT2D eigenvalue weighted by Gasteiger charge is -2.00. The van der Waals surface area contributed by atoms with Gasteiger partial charge in [0.2, 0.25) is 5.90 Å². The number of nitrogens with zero attached hydrogens (tertiary/aromatic N) is 2. The molecule has 0 N–H and O–H groups in total. The Balaban J connectivity index is 2.04. The summed E-state index contributed by atoms with van der Waals surface area (Å²) in [7, 11) is 1.88. The van der Waals surface area contributed by atoms with Gasteiger partial charge in [-0.1, -0.05) is 23.7 Å². The Bertz CT molecular complexity index is 348. The topological polar surface area (TPSA) is 24.8 Å². The molecule has 0 aliphatic carbocycles. The largest absolute Gasteiger partial charge is 0.457 e. The predicted octanol–water partition coefficient (Wildman–Crippen LogP) is 2.12. The van der Waals surface area contributed by atoms with Crippen LogP contribution in [0.25, 0.3) is 0 Å². The maximum atomic E-state index is 5.78. The Kier molecular flexibility index (Phi) is 2.59. The van der Waals surface area contributed by atoms with Crippen molar-refractivity contribution in [3.05, 3.63) is 34.9 Å². The van der Waals surface area contributed by atoms with Crippen LogP contribution in [0, 0.1) is 0 Å². The predicted molar refractivity (Wildman–Crippen MR) is 56.3 cm³/mol. The van der Waals surface area contributed by atoms with E-state index in [1.807, 2.05) is 31.3 Å². The van der Waals surface area contributed by atoms with Crippen molar-refractivity contribution >= 4 is 17.5 Å². The Hall–Kier alpha value is -1.22. The lowest BCUT2D eigenvalue weighted by atomic mass is 10.1. The van der Waals surface area contributed by atoms with Crippen LogP contribution in [0.1, 0.15) is 5.56 Å². The van der Waals surface area contributed by atoms with E-state index in [0.29, 0.717) is 6.73 Å². The van der Waals surface area contributed by atoms with Gasteiger partial charge in [-0.2, -0.15) is 0 Å². The normalized spacial score (nSPS) is 15.3. The summed E-state index contributed by atoms with van der Waals surface area (Å²) in [6.07, 6.45) is 0.724. The van der Waals surface area contributed by atoms with Crippen LogP contribution in [0.5, 0.6) is 0 Å². The minimum Gasteiger partial charge on any atom is -0.457 e. The lowest BCUT2D eigenvalue weighted by Crippen LogP contribution is -2.06. The molecule has 4 heteroatoms. The number of hydrogen-bond donors (Lipinski definition) is 0. The molecule has 1 aliphatic heterocycles. The fourth-order valence-electron chi connectivity index (χ4n) is 1.28. The molecule has 0 aromatic heterocycles. The number of benzene rings is 1. The van der Waals surface area contributed by atoms with Gasteiger partial charge in [-0.25, -0.2) is 0 Å². The number of hydrogen-bond acceptors (Lipinski definition) is 3. The van der Waals surface area contributed by atoms with Crippen LogP contribution < -0.4 is 0 Å². The maximum absolute atomic E-state index is 5.78. The Morgan fingerprint density at radius 3 is 2.71 bits per heavy atom. The second-order valence-corrected chi connectivity index (χ2v) is 3.66. The molecular weight excluding hydrogens is 200 g/mol. The van der Waals surface area contributed by atoms with E-state index in [2.05, 4.69) is 5.10 Å². The van der Waals surface area contributed by atoms with Gasteiger partial charge in [0.15, 0.2) is 6.73 Å². The van der Waals surface area contributed by atoms with E-state index in [0.717, 1.165) is 22.9 Å².